The SMILES string of the molecule is Cn1c(CN(CCCc2ccccc2)C(=O)c2csnn2)cc2ccccc21. The molecule has 2 aromatic heterocycles. The molecule has 4 rings (SSSR count). The van der Waals surface area contributed by atoms with Crippen LogP contribution in [0.25, 0.3) is 10.9 Å². The molecule has 5 nitrogen and oxygen atoms in total. The van der Waals surface area contributed by atoms with Crippen molar-refractivity contribution in [2.75, 3.05) is 6.54 Å². The van der Waals surface area contributed by atoms with Gasteiger partial charge in [0.05, 0.1) is 6.54 Å². The molecule has 0 radical (unpaired) electrons. The summed E-state index contributed by atoms with van der Waals surface area (Å²) >= 11 is 1.21. The van der Waals surface area contributed by atoms with Crippen LogP contribution in [0.15, 0.2) is 66.0 Å². The summed E-state index contributed by atoms with van der Waals surface area (Å²) in [5.74, 6) is -0.0629. The summed E-state index contributed by atoms with van der Waals surface area (Å²) in [5.41, 5.74) is 3.99. The highest BCUT2D eigenvalue weighted by Crippen LogP contribution is 2.20. The largest absolute Gasteiger partial charge is 0.346 e. The third-order valence-electron chi connectivity index (χ3n) is 5.01. The standard InChI is InChI=1S/C22H22N4OS/c1-25-19(14-18-11-5-6-12-21(18)25)15-26(22(27)20-16-28-24-23-20)13-7-10-17-8-3-2-4-9-17/h2-6,8-9,11-12,14,16H,7,10,13,15H2,1H3. The molecule has 0 atom stereocenters. The molecule has 0 spiro atoms. The quantitative estimate of drug-likeness (QED) is 0.473. The lowest BCUT2D eigenvalue weighted by Crippen LogP contribution is -2.32. The smallest absolute Gasteiger partial charge is 0.275 e. The number of carbonyl (C=O) groups excluding carboxylic acids is 1. The predicted molar refractivity (Wildman–Crippen MR) is 112 cm³/mol. The summed E-state index contributed by atoms with van der Waals surface area (Å²) in [6, 6.07) is 20.8. The van der Waals surface area contributed by atoms with Gasteiger partial charge < -0.3 is 9.47 Å². The summed E-state index contributed by atoms with van der Waals surface area (Å²) < 4.78 is 6.01. The molecule has 0 aliphatic heterocycles. The van der Waals surface area contributed by atoms with Crippen molar-refractivity contribution >= 4 is 28.3 Å². The monoisotopic (exact) mass is 390 g/mol. The molecule has 0 fully saturated rings. The normalized spacial score (nSPS) is 11.0. The third-order valence-corrected chi connectivity index (χ3v) is 5.51. The zero-order chi connectivity index (χ0) is 19.3. The molecular weight excluding hydrogens is 368 g/mol. The molecule has 142 valence electrons. The average Bonchev–Trinajstić information content (AvgIpc) is 3.37. The van der Waals surface area contributed by atoms with Crippen molar-refractivity contribution < 1.29 is 4.79 Å². The topological polar surface area (TPSA) is 51.0 Å². The number of benzene rings is 2. The van der Waals surface area contributed by atoms with Gasteiger partial charge in [0.15, 0.2) is 5.69 Å². The van der Waals surface area contributed by atoms with Gasteiger partial charge in [-0.25, -0.2) is 0 Å². The van der Waals surface area contributed by atoms with Crippen LogP contribution in [0.4, 0.5) is 0 Å². The number of para-hydroxylation sites is 1. The average molecular weight is 391 g/mol. The molecule has 4 aromatic rings. The highest BCUT2D eigenvalue weighted by Gasteiger charge is 2.20. The fourth-order valence-electron chi connectivity index (χ4n) is 3.48. The maximum Gasteiger partial charge on any atom is 0.275 e. The van der Waals surface area contributed by atoms with Gasteiger partial charge in [-0.1, -0.05) is 53.0 Å². The van der Waals surface area contributed by atoms with E-state index in [1.807, 2.05) is 23.1 Å². The number of hydrogen-bond donors (Lipinski definition) is 0. The lowest BCUT2D eigenvalue weighted by Gasteiger charge is -2.22. The van der Waals surface area contributed by atoms with Gasteiger partial charge in [-0.15, -0.1) is 5.10 Å². The zero-order valence-electron chi connectivity index (χ0n) is 15.8. The highest BCUT2D eigenvalue weighted by atomic mass is 32.1. The van der Waals surface area contributed by atoms with E-state index in [1.54, 1.807) is 5.38 Å². The minimum atomic E-state index is -0.0629. The van der Waals surface area contributed by atoms with Crippen molar-refractivity contribution in [3.8, 4) is 0 Å². The first kappa shape index (κ1) is 18.4. The maximum absolute atomic E-state index is 13.0. The van der Waals surface area contributed by atoms with Crippen molar-refractivity contribution in [1.29, 1.82) is 0 Å². The summed E-state index contributed by atoms with van der Waals surface area (Å²) in [7, 11) is 2.05. The molecule has 2 heterocycles. The van der Waals surface area contributed by atoms with Gasteiger partial charge in [0, 0.05) is 30.2 Å². The number of amides is 1. The summed E-state index contributed by atoms with van der Waals surface area (Å²) in [5, 5.41) is 6.88. The molecule has 0 bridgehead atoms. The lowest BCUT2D eigenvalue weighted by atomic mass is 10.1. The van der Waals surface area contributed by atoms with Crippen LogP contribution in [0.1, 0.15) is 28.2 Å². The van der Waals surface area contributed by atoms with E-state index in [0.29, 0.717) is 18.8 Å². The van der Waals surface area contributed by atoms with Crippen LogP contribution >= 0.6 is 11.5 Å². The molecule has 28 heavy (non-hydrogen) atoms. The van der Waals surface area contributed by atoms with E-state index in [1.165, 1.54) is 28.0 Å². The van der Waals surface area contributed by atoms with E-state index in [0.717, 1.165) is 18.5 Å². The number of carbonyl (C=O) groups is 1. The second-order valence-corrected chi connectivity index (χ2v) is 7.47. The Morgan fingerprint density at radius 1 is 1.11 bits per heavy atom. The first-order valence-corrected chi connectivity index (χ1v) is 10.2. The summed E-state index contributed by atoms with van der Waals surface area (Å²) in [6.45, 7) is 1.23. The van der Waals surface area contributed by atoms with Gasteiger partial charge in [0.2, 0.25) is 0 Å². The number of fused-ring (bicyclic) bond motifs is 1. The van der Waals surface area contributed by atoms with Crippen LogP contribution in [-0.2, 0) is 20.0 Å². The van der Waals surface area contributed by atoms with Crippen LogP contribution in [0.3, 0.4) is 0 Å². The minimum absolute atomic E-state index is 0.0629. The Balaban J connectivity index is 1.53. The van der Waals surface area contributed by atoms with Gasteiger partial charge >= 0.3 is 0 Å². The fraction of sp³-hybridized carbons (Fsp3) is 0.227. The Hall–Kier alpha value is -2.99. The maximum atomic E-state index is 13.0. The molecule has 6 heteroatoms. The third kappa shape index (κ3) is 3.97. The van der Waals surface area contributed by atoms with Gasteiger partial charge in [0.25, 0.3) is 5.91 Å². The number of aromatic nitrogens is 3. The molecule has 0 N–H and O–H groups in total. The lowest BCUT2D eigenvalue weighted by molar-refractivity contribution is 0.0732. The van der Waals surface area contributed by atoms with Crippen molar-refractivity contribution in [1.82, 2.24) is 19.1 Å². The summed E-state index contributed by atoms with van der Waals surface area (Å²) in [4.78, 5) is 14.9. The molecule has 1 amide bonds. The van der Waals surface area contributed by atoms with Crippen molar-refractivity contribution in [3.05, 3.63) is 83.0 Å². The Morgan fingerprint density at radius 2 is 1.89 bits per heavy atom. The van der Waals surface area contributed by atoms with Crippen LogP contribution in [0.5, 0.6) is 0 Å². The highest BCUT2D eigenvalue weighted by molar-refractivity contribution is 7.03. The molecule has 0 aliphatic rings. The van der Waals surface area contributed by atoms with Crippen molar-refractivity contribution in [3.63, 3.8) is 0 Å². The van der Waals surface area contributed by atoms with Gasteiger partial charge in [0.1, 0.15) is 0 Å². The Labute approximate surface area is 168 Å². The van der Waals surface area contributed by atoms with Gasteiger partial charge in [-0.3, -0.25) is 4.79 Å². The Morgan fingerprint density at radius 3 is 2.64 bits per heavy atom. The Bertz CT molecular complexity index is 1060. The van der Waals surface area contributed by atoms with Crippen molar-refractivity contribution in [2.45, 2.75) is 19.4 Å². The van der Waals surface area contributed by atoms with E-state index >= 15 is 0 Å². The molecule has 0 saturated carbocycles. The predicted octanol–water partition coefficient (Wildman–Crippen LogP) is 4.31. The van der Waals surface area contributed by atoms with E-state index in [4.69, 9.17) is 0 Å². The number of aryl methyl sites for hydroxylation is 2. The number of nitrogens with zero attached hydrogens (tertiary/aromatic N) is 4. The first-order valence-electron chi connectivity index (χ1n) is 9.36. The Kier molecular flexibility index (Phi) is 5.48. The van der Waals surface area contributed by atoms with Crippen molar-refractivity contribution in [2.24, 2.45) is 7.05 Å². The molecule has 0 unspecified atom stereocenters. The van der Waals surface area contributed by atoms with Gasteiger partial charge in [-0.2, -0.15) is 0 Å². The molecular formula is C22H22N4OS. The minimum Gasteiger partial charge on any atom is -0.346 e. The fourth-order valence-corrected chi connectivity index (χ4v) is 3.91. The van der Waals surface area contributed by atoms with Crippen LogP contribution in [0, 0.1) is 0 Å². The van der Waals surface area contributed by atoms with E-state index in [2.05, 4.69) is 63.7 Å². The molecule has 2 aromatic carbocycles. The van der Waals surface area contributed by atoms with Crippen LogP contribution in [0.2, 0.25) is 0 Å². The number of rotatable bonds is 7. The second-order valence-electron chi connectivity index (χ2n) is 6.86. The zero-order valence-corrected chi connectivity index (χ0v) is 16.6. The number of hydrogen-bond acceptors (Lipinski definition) is 4. The molecule has 0 saturated heterocycles. The van der Waals surface area contributed by atoms with E-state index in [9.17, 15) is 4.79 Å². The van der Waals surface area contributed by atoms with E-state index in [-0.39, 0.29) is 5.91 Å². The molecule has 0 aliphatic carbocycles. The summed E-state index contributed by atoms with van der Waals surface area (Å²) in [6.07, 6.45) is 1.84. The first-order chi connectivity index (χ1) is 13.7. The van der Waals surface area contributed by atoms with Crippen LogP contribution < -0.4 is 0 Å². The van der Waals surface area contributed by atoms with Crippen LogP contribution in [-0.4, -0.2) is 31.5 Å². The van der Waals surface area contributed by atoms with E-state index < -0.39 is 0 Å². The second kappa shape index (κ2) is 8.35. The van der Waals surface area contributed by atoms with Gasteiger partial charge in [-0.05, 0) is 47.5 Å².